The van der Waals surface area contributed by atoms with Gasteiger partial charge in [-0.2, -0.15) is 0 Å². The maximum absolute atomic E-state index is 6.26. The van der Waals surface area contributed by atoms with E-state index in [2.05, 4.69) is 168 Å². The second kappa shape index (κ2) is 11.2. The number of hydrogen-bond acceptors (Lipinski definition) is 1. The third-order valence-electron chi connectivity index (χ3n) is 10.6. The number of nitrogens with zero attached hydrogens (tertiary/aromatic N) is 1. The Bertz CT molecular complexity index is 2940. The van der Waals surface area contributed by atoms with E-state index in [1.165, 1.54) is 66.3 Å². The molecular weight excluding hydrogens is 619 g/mol. The second-order valence-corrected chi connectivity index (χ2v) is 13.2. The van der Waals surface area contributed by atoms with Crippen LogP contribution in [0.2, 0.25) is 0 Å². The Kier molecular flexibility index (Phi) is 6.43. The fraction of sp³-hybridized carbons (Fsp3) is 0.0204. The fourth-order valence-corrected chi connectivity index (χ4v) is 8.39. The quantitative estimate of drug-likeness (QED) is 0.182. The molecule has 51 heavy (non-hydrogen) atoms. The van der Waals surface area contributed by atoms with E-state index < -0.39 is 0 Å². The van der Waals surface area contributed by atoms with Gasteiger partial charge in [0.25, 0.3) is 0 Å². The average Bonchev–Trinajstić information content (AvgIpc) is 3.72. The van der Waals surface area contributed by atoms with Gasteiger partial charge in [0.15, 0.2) is 0 Å². The molecule has 0 unspecified atom stereocenters. The van der Waals surface area contributed by atoms with Crippen molar-refractivity contribution in [2.75, 3.05) is 0 Å². The molecule has 2 nitrogen and oxygen atoms in total. The van der Waals surface area contributed by atoms with Crippen molar-refractivity contribution in [2.24, 2.45) is 0 Å². The standard InChI is InChI=1S/C48H29NO.CH4/c1-2-14-33-32(13-1)34-15-3-4-17-36(34)42-28-31(30-25-26-47-41(27-30)39-20-9-12-24-46(39)50-47)29-45(48(42)40-21-6-5-16-35(33)40)49-43-22-10-7-18-37(43)38-19-8-11-23-44(38)49;/h1-29H;1H4. The largest absolute Gasteiger partial charge is 0.456 e. The minimum atomic E-state index is 0. The minimum Gasteiger partial charge on any atom is -0.456 e. The summed E-state index contributed by atoms with van der Waals surface area (Å²) in [7, 11) is 0. The lowest BCUT2D eigenvalue weighted by atomic mass is 9.79. The van der Waals surface area contributed by atoms with Crippen molar-refractivity contribution in [1.82, 2.24) is 4.57 Å². The third kappa shape index (κ3) is 4.23. The van der Waals surface area contributed by atoms with E-state index in [4.69, 9.17) is 4.42 Å². The normalized spacial score (nSPS) is 11.8. The van der Waals surface area contributed by atoms with Crippen molar-refractivity contribution >= 4 is 43.7 Å². The highest BCUT2D eigenvalue weighted by atomic mass is 16.3. The Morgan fingerprint density at radius 2 is 0.804 bits per heavy atom. The summed E-state index contributed by atoms with van der Waals surface area (Å²) in [5.74, 6) is 0. The molecule has 2 heteroatoms. The number of para-hydroxylation sites is 3. The zero-order valence-electron chi connectivity index (χ0n) is 27.1. The van der Waals surface area contributed by atoms with E-state index >= 15 is 0 Å². The summed E-state index contributed by atoms with van der Waals surface area (Å²) in [6.45, 7) is 0. The van der Waals surface area contributed by atoms with Crippen molar-refractivity contribution in [1.29, 1.82) is 0 Å². The molecule has 0 radical (unpaired) electrons. The van der Waals surface area contributed by atoms with Crippen molar-refractivity contribution in [3.8, 4) is 61.3 Å². The summed E-state index contributed by atoms with van der Waals surface area (Å²) in [5, 5.41) is 4.76. The molecule has 0 atom stereocenters. The summed E-state index contributed by atoms with van der Waals surface area (Å²) in [6, 6.07) is 64.1. The molecule has 240 valence electrons. The summed E-state index contributed by atoms with van der Waals surface area (Å²) in [5.41, 5.74) is 17.5. The molecule has 0 N–H and O–H groups in total. The number of furan rings is 1. The van der Waals surface area contributed by atoms with Crippen LogP contribution >= 0.6 is 0 Å². The summed E-state index contributed by atoms with van der Waals surface area (Å²) in [4.78, 5) is 0. The van der Waals surface area contributed by atoms with Gasteiger partial charge in [0.05, 0.1) is 16.7 Å². The van der Waals surface area contributed by atoms with E-state index in [-0.39, 0.29) is 7.43 Å². The Labute approximate surface area is 296 Å². The van der Waals surface area contributed by atoms with Crippen molar-refractivity contribution in [2.45, 2.75) is 7.43 Å². The van der Waals surface area contributed by atoms with E-state index in [0.29, 0.717) is 0 Å². The van der Waals surface area contributed by atoms with Crippen LogP contribution in [0.25, 0.3) is 105 Å². The van der Waals surface area contributed by atoms with Crippen LogP contribution in [-0.2, 0) is 0 Å². The first-order chi connectivity index (χ1) is 24.8. The molecule has 0 amide bonds. The van der Waals surface area contributed by atoms with Gasteiger partial charge in [0.2, 0.25) is 0 Å². The van der Waals surface area contributed by atoms with Crippen molar-refractivity contribution in [3.05, 3.63) is 176 Å². The number of rotatable bonds is 2. The van der Waals surface area contributed by atoms with Crippen molar-refractivity contribution < 1.29 is 4.42 Å². The number of benzene rings is 8. The summed E-state index contributed by atoms with van der Waals surface area (Å²) >= 11 is 0. The predicted molar refractivity (Wildman–Crippen MR) is 216 cm³/mol. The highest BCUT2D eigenvalue weighted by Crippen LogP contribution is 2.51. The fourth-order valence-electron chi connectivity index (χ4n) is 8.39. The maximum Gasteiger partial charge on any atom is 0.135 e. The van der Waals surface area contributed by atoms with Crippen molar-refractivity contribution in [3.63, 3.8) is 0 Å². The van der Waals surface area contributed by atoms with Gasteiger partial charge in [-0.1, -0.05) is 141 Å². The first-order valence-corrected chi connectivity index (χ1v) is 17.2. The Morgan fingerprint density at radius 3 is 1.43 bits per heavy atom. The van der Waals surface area contributed by atoms with Gasteiger partial charge in [-0.15, -0.1) is 0 Å². The molecule has 0 spiro atoms. The molecule has 0 fully saturated rings. The molecule has 0 aliphatic heterocycles. The zero-order chi connectivity index (χ0) is 32.8. The molecular formula is C49H33NO. The van der Waals surface area contributed by atoms with Gasteiger partial charge in [-0.3, -0.25) is 0 Å². The van der Waals surface area contributed by atoms with Crippen LogP contribution in [0, 0.1) is 0 Å². The highest BCUT2D eigenvalue weighted by Gasteiger charge is 2.26. The highest BCUT2D eigenvalue weighted by molar-refractivity contribution is 6.13. The lowest BCUT2D eigenvalue weighted by Gasteiger charge is -2.26. The van der Waals surface area contributed by atoms with Crippen LogP contribution in [0.1, 0.15) is 7.43 Å². The van der Waals surface area contributed by atoms with Crippen LogP contribution in [0.5, 0.6) is 0 Å². The SMILES string of the molecule is C.c1ccc2c(c1)-c1ccccc1-c1cc(-c3ccc4oc5ccccc5c4c3)cc(-n3c4ccccc4c4ccccc43)c1-c1ccccc1-2. The van der Waals surface area contributed by atoms with Crippen LogP contribution in [0.4, 0.5) is 0 Å². The van der Waals surface area contributed by atoms with E-state index in [1.807, 2.05) is 12.1 Å². The Balaban J connectivity index is 0.00000327. The van der Waals surface area contributed by atoms with E-state index in [9.17, 15) is 0 Å². The summed E-state index contributed by atoms with van der Waals surface area (Å²) in [6.07, 6.45) is 0. The van der Waals surface area contributed by atoms with Gasteiger partial charge >= 0.3 is 0 Å². The predicted octanol–water partition coefficient (Wildman–Crippen LogP) is 14.0. The maximum atomic E-state index is 6.26. The molecule has 0 saturated carbocycles. The zero-order valence-corrected chi connectivity index (χ0v) is 27.1. The lowest BCUT2D eigenvalue weighted by molar-refractivity contribution is 0.669. The Morgan fingerprint density at radius 1 is 0.333 bits per heavy atom. The first-order valence-electron chi connectivity index (χ1n) is 17.2. The third-order valence-corrected chi connectivity index (χ3v) is 10.6. The van der Waals surface area contributed by atoms with Gasteiger partial charge in [0.1, 0.15) is 11.2 Å². The smallest absolute Gasteiger partial charge is 0.135 e. The molecule has 8 aromatic carbocycles. The van der Waals surface area contributed by atoms with Gasteiger partial charge in [-0.05, 0) is 92.5 Å². The molecule has 0 bridgehead atoms. The van der Waals surface area contributed by atoms with Crippen LogP contribution in [0.15, 0.2) is 180 Å². The van der Waals surface area contributed by atoms with Crippen LogP contribution in [0.3, 0.4) is 0 Å². The van der Waals surface area contributed by atoms with Gasteiger partial charge in [0, 0.05) is 27.1 Å². The minimum absolute atomic E-state index is 0. The van der Waals surface area contributed by atoms with Gasteiger partial charge < -0.3 is 8.98 Å². The molecule has 10 aromatic rings. The number of aromatic nitrogens is 1. The summed E-state index contributed by atoms with van der Waals surface area (Å²) < 4.78 is 8.75. The Hall–Kier alpha value is -6.64. The van der Waals surface area contributed by atoms with Gasteiger partial charge in [-0.25, -0.2) is 0 Å². The molecule has 0 saturated heterocycles. The molecule has 2 aromatic heterocycles. The molecule has 1 aliphatic rings. The number of fused-ring (bicyclic) bond motifs is 14. The lowest BCUT2D eigenvalue weighted by Crippen LogP contribution is -2.04. The first kappa shape index (κ1) is 29.3. The molecule has 11 rings (SSSR count). The number of hydrogen-bond donors (Lipinski definition) is 0. The van der Waals surface area contributed by atoms with Crippen LogP contribution < -0.4 is 0 Å². The van der Waals surface area contributed by atoms with Crippen LogP contribution in [-0.4, -0.2) is 4.57 Å². The second-order valence-electron chi connectivity index (χ2n) is 13.2. The molecule has 2 heterocycles. The molecule has 1 aliphatic carbocycles. The van der Waals surface area contributed by atoms with E-state index in [1.54, 1.807) is 0 Å². The van der Waals surface area contributed by atoms with E-state index in [0.717, 1.165) is 38.8 Å². The topological polar surface area (TPSA) is 18.1 Å². The monoisotopic (exact) mass is 651 g/mol. The average molecular weight is 652 g/mol.